The number of nitrogens with zero attached hydrogens (tertiary/aromatic N) is 1. The summed E-state index contributed by atoms with van der Waals surface area (Å²) in [7, 11) is -3.68. The van der Waals surface area contributed by atoms with Gasteiger partial charge >= 0.3 is 0 Å². The Kier molecular flexibility index (Phi) is 4.57. The van der Waals surface area contributed by atoms with E-state index in [4.69, 9.17) is 5.14 Å². The van der Waals surface area contributed by atoms with Crippen LogP contribution in [0.2, 0.25) is 0 Å². The molecule has 0 amide bonds. The molecule has 0 aliphatic heterocycles. The second kappa shape index (κ2) is 6.66. The van der Waals surface area contributed by atoms with Crippen LogP contribution in [-0.2, 0) is 10.0 Å². The SMILES string of the molecule is Cc1cc(-c2ccccc2)cc(C)[n+]1Nc1ccc(S(N)(=O)=O)cc1. The number of nitrogens with one attached hydrogen (secondary N) is 1. The average Bonchev–Trinajstić information content (AvgIpc) is 2.58. The van der Waals surface area contributed by atoms with Crippen molar-refractivity contribution in [2.75, 3.05) is 5.43 Å². The summed E-state index contributed by atoms with van der Waals surface area (Å²) in [6.45, 7) is 4.04. The van der Waals surface area contributed by atoms with Gasteiger partial charge in [-0.2, -0.15) is 5.43 Å². The summed E-state index contributed by atoms with van der Waals surface area (Å²) >= 11 is 0. The molecule has 2 aromatic carbocycles. The quantitative estimate of drug-likeness (QED) is 0.708. The van der Waals surface area contributed by atoms with Gasteiger partial charge in [-0.15, -0.1) is 0 Å². The van der Waals surface area contributed by atoms with Crippen LogP contribution < -0.4 is 15.2 Å². The number of primary sulfonamides is 1. The molecule has 1 aromatic heterocycles. The lowest BCUT2D eigenvalue weighted by molar-refractivity contribution is -0.655. The molecule has 0 spiro atoms. The summed E-state index contributed by atoms with van der Waals surface area (Å²) < 4.78 is 24.6. The second-order valence-corrected chi connectivity index (χ2v) is 7.47. The molecule has 6 heteroatoms. The molecule has 0 fully saturated rings. The van der Waals surface area contributed by atoms with Crippen LogP contribution in [0.1, 0.15) is 11.4 Å². The number of hydrogen-bond acceptors (Lipinski definition) is 3. The molecule has 1 heterocycles. The zero-order valence-corrected chi connectivity index (χ0v) is 14.9. The van der Waals surface area contributed by atoms with E-state index in [1.807, 2.05) is 36.7 Å². The van der Waals surface area contributed by atoms with Gasteiger partial charge in [0.1, 0.15) is 0 Å². The van der Waals surface area contributed by atoms with Crippen molar-refractivity contribution in [2.45, 2.75) is 18.7 Å². The molecule has 0 aliphatic rings. The van der Waals surface area contributed by atoms with Crippen molar-refractivity contribution in [2.24, 2.45) is 5.14 Å². The molecule has 5 nitrogen and oxygen atoms in total. The molecule has 0 saturated heterocycles. The first-order chi connectivity index (χ1) is 11.8. The fourth-order valence-electron chi connectivity index (χ4n) is 2.72. The first-order valence-corrected chi connectivity index (χ1v) is 9.38. The molecule has 0 saturated carbocycles. The van der Waals surface area contributed by atoms with Gasteiger partial charge in [0.2, 0.25) is 21.4 Å². The molecule has 25 heavy (non-hydrogen) atoms. The number of rotatable bonds is 4. The maximum Gasteiger partial charge on any atom is 0.238 e. The minimum absolute atomic E-state index is 0.0934. The lowest BCUT2D eigenvalue weighted by atomic mass is 10.1. The summed E-state index contributed by atoms with van der Waals surface area (Å²) in [5, 5.41) is 5.13. The van der Waals surface area contributed by atoms with Gasteiger partial charge < -0.3 is 0 Å². The number of sulfonamides is 1. The highest BCUT2D eigenvalue weighted by molar-refractivity contribution is 7.89. The monoisotopic (exact) mass is 354 g/mol. The van der Waals surface area contributed by atoms with Crippen molar-refractivity contribution in [3.63, 3.8) is 0 Å². The number of nitrogens with two attached hydrogens (primary N) is 1. The fraction of sp³-hybridized carbons (Fsp3) is 0.105. The van der Waals surface area contributed by atoms with Crippen LogP contribution >= 0.6 is 0 Å². The van der Waals surface area contributed by atoms with E-state index in [-0.39, 0.29) is 4.90 Å². The van der Waals surface area contributed by atoms with Crippen molar-refractivity contribution in [1.82, 2.24) is 0 Å². The van der Waals surface area contributed by atoms with Gasteiger partial charge in [0.25, 0.3) is 0 Å². The Morgan fingerprint density at radius 2 is 1.40 bits per heavy atom. The van der Waals surface area contributed by atoms with E-state index in [9.17, 15) is 8.42 Å². The van der Waals surface area contributed by atoms with Gasteiger partial charge in [-0.25, -0.2) is 13.6 Å². The summed E-state index contributed by atoms with van der Waals surface area (Å²) in [5.41, 5.74) is 8.44. The average molecular weight is 354 g/mol. The van der Waals surface area contributed by atoms with E-state index < -0.39 is 10.0 Å². The van der Waals surface area contributed by atoms with Gasteiger partial charge in [0, 0.05) is 26.0 Å². The highest BCUT2D eigenvalue weighted by atomic mass is 32.2. The molecule has 128 valence electrons. The summed E-state index contributed by atoms with van der Waals surface area (Å²) in [5.74, 6) is 0. The Bertz CT molecular complexity index is 976. The number of benzene rings is 2. The molecule has 0 bridgehead atoms. The molecule has 0 aliphatic carbocycles. The number of hydrogen-bond donors (Lipinski definition) is 2. The maximum absolute atomic E-state index is 11.3. The molecule has 0 radical (unpaired) electrons. The maximum atomic E-state index is 11.3. The molecular formula is C19H20N3O2S+. The molecule has 3 N–H and O–H groups in total. The third-order valence-electron chi connectivity index (χ3n) is 3.97. The molecule has 3 rings (SSSR count). The van der Waals surface area contributed by atoms with Crippen LogP contribution in [-0.4, -0.2) is 8.42 Å². The molecule has 3 aromatic rings. The van der Waals surface area contributed by atoms with Gasteiger partial charge in [-0.1, -0.05) is 35.0 Å². The van der Waals surface area contributed by atoms with Crippen LogP contribution in [0.4, 0.5) is 5.69 Å². The third-order valence-corrected chi connectivity index (χ3v) is 4.89. The Morgan fingerprint density at radius 3 is 1.92 bits per heavy atom. The van der Waals surface area contributed by atoms with Gasteiger partial charge in [-0.3, -0.25) is 0 Å². The number of aromatic nitrogens is 1. The van der Waals surface area contributed by atoms with E-state index in [2.05, 4.69) is 29.7 Å². The largest absolute Gasteiger partial charge is 0.238 e. The lowest BCUT2D eigenvalue weighted by Crippen LogP contribution is -2.47. The fourth-order valence-corrected chi connectivity index (χ4v) is 3.24. The van der Waals surface area contributed by atoms with Crippen molar-refractivity contribution in [3.8, 4) is 11.1 Å². The number of anilines is 1. The minimum atomic E-state index is -3.68. The standard InChI is InChI=1S/C19H20N3O2S/c1-14-12-17(16-6-4-3-5-7-16)13-15(2)22(14)21-18-8-10-19(11-9-18)25(20,23)24/h3-13,21H,1-2H3,(H2,20,23,24)/q+1. The van der Waals surface area contributed by atoms with Crippen molar-refractivity contribution in [3.05, 3.63) is 78.1 Å². The highest BCUT2D eigenvalue weighted by Crippen LogP contribution is 2.20. The van der Waals surface area contributed by atoms with Crippen LogP contribution in [0, 0.1) is 13.8 Å². The van der Waals surface area contributed by atoms with Gasteiger partial charge in [-0.05, 0) is 35.4 Å². The summed E-state index contributed by atoms with van der Waals surface area (Å²) in [6, 6.07) is 20.8. The van der Waals surface area contributed by atoms with Crippen LogP contribution in [0.5, 0.6) is 0 Å². The smallest absolute Gasteiger partial charge is 0.225 e. The van der Waals surface area contributed by atoms with Gasteiger partial charge in [0.15, 0.2) is 0 Å². The summed E-state index contributed by atoms with van der Waals surface area (Å²) in [4.78, 5) is 0.0934. The Balaban J connectivity index is 1.91. The van der Waals surface area contributed by atoms with E-state index in [1.54, 1.807) is 12.1 Å². The Morgan fingerprint density at radius 1 is 0.840 bits per heavy atom. The van der Waals surface area contributed by atoms with Crippen molar-refractivity contribution < 1.29 is 13.1 Å². The first kappa shape index (κ1) is 17.1. The van der Waals surface area contributed by atoms with Crippen LogP contribution in [0.25, 0.3) is 11.1 Å². The van der Waals surface area contributed by atoms with E-state index in [0.29, 0.717) is 0 Å². The predicted octanol–water partition coefficient (Wildman–Crippen LogP) is 2.78. The van der Waals surface area contributed by atoms with E-state index in [0.717, 1.165) is 22.6 Å². The zero-order valence-electron chi connectivity index (χ0n) is 14.1. The zero-order chi connectivity index (χ0) is 18.0. The summed E-state index contributed by atoms with van der Waals surface area (Å²) in [6.07, 6.45) is 0. The lowest BCUT2D eigenvalue weighted by Gasteiger charge is -2.09. The van der Waals surface area contributed by atoms with E-state index >= 15 is 0 Å². The second-order valence-electron chi connectivity index (χ2n) is 5.91. The number of aryl methyl sites for hydroxylation is 2. The van der Waals surface area contributed by atoms with Crippen LogP contribution in [0.3, 0.4) is 0 Å². The topological polar surface area (TPSA) is 76.1 Å². The number of pyridine rings is 1. The third kappa shape index (κ3) is 3.87. The minimum Gasteiger partial charge on any atom is -0.225 e. The molecular weight excluding hydrogens is 334 g/mol. The van der Waals surface area contributed by atoms with Crippen molar-refractivity contribution in [1.29, 1.82) is 0 Å². The Labute approximate surface area is 147 Å². The first-order valence-electron chi connectivity index (χ1n) is 7.83. The molecule has 0 unspecified atom stereocenters. The van der Waals surface area contributed by atoms with Crippen molar-refractivity contribution >= 4 is 15.7 Å². The van der Waals surface area contributed by atoms with Gasteiger partial charge in [0.05, 0.1) is 10.6 Å². The molecule has 0 atom stereocenters. The normalized spacial score (nSPS) is 11.3. The predicted molar refractivity (Wildman–Crippen MR) is 98.4 cm³/mol. The highest BCUT2D eigenvalue weighted by Gasteiger charge is 2.15. The van der Waals surface area contributed by atoms with E-state index in [1.165, 1.54) is 17.7 Å². The Hall–Kier alpha value is -2.70. The van der Waals surface area contributed by atoms with Crippen LogP contribution in [0.15, 0.2) is 71.6 Å².